The first-order valence-corrected chi connectivity index (χ1v) is 8.02. The van der Waals surface area contributed by atoms with Crippen LogP contribution in [0.5, 0.6) is 0 Å². The summed E-state index contributed by atoms with van der Waals surface area (Å²) in [4.78, 5) is 0. The molecule has 0 heterocycles. The van der Waals surface area contributed by atoms with Crippen LogP contribution in [-0.4, -0.2) is 6.54 Å². The molecule has 0 aromatic heterocycles. The summed E-state index contributed by atoms with van der Waals surface area (Å²) in [6.07, 6.45) is 0. The van der Waals surface area contributed by atoms with Crippen LogP contribution < -0.4 is 5.32 Å². The highest BCUT2D eigenvalue weighted by molar-refractivity contribution is 9.10. The zero-order valence-electron chi connectivity index (χ0n) is 10.5. The van der Waals surface area contributed by atoms with Gasteiger partial charge in [0.05, 0.1) is 6.04 Å². The lowest BCUT2D eigenvalue weighted by atomic mass is 9.99. The molecular formula is C15H14Br2ClN. The van der Waals surface area contributed by atoms with E-state index in [1.54, 1.807) is 0 Å². The van der Waals surface area contributed by atoms with Crippen LogP contribution in [0.3, 0.4) is 0 Å². The van der Waals surface area contributed by atoms with Gasteiger partial charge in [-0.2, -0.15) is 0 Å². The maximum Gasteiger partial charge on any atom is 0.0587 e. The quantitative estimate of drug-likeness (QED) is 0.704. The van der Waals surface area contributed by atoms with E-state index < -0.39 is 0 Å². The molecule has 100 valence electrons. The summed E-state index contributed by atoms with van der Waals surface area (Å²) in [6, 6.07) is 14.4. The Hall–Kier alpha value is -0.350. The fourth-order valence-electron chi connectivity index (χ4n) is 2.00. The van der Waals surface area contributed by atoms with Gasteiger partial charge in [0, 0.05) is 14.0 Å². The maximum atomic E-state index is 6.01. The number of hydrogen-bond acceptors (Lipinski definition) is 1. The zero-order valence-corrected chi connectivity index (χ0v) is 14.4. The van der Waals surface area contributed by atoms with Crippen molar-refractivity contribution in [1.29, 1.82) is 0 Å². The smallest absolute Gasteiger partial charge is 0.0587 e. The molecule has 0 radical (unpaired) electrons. The Balaban J connectivity index is 2.41. The highest BCUT2D eigenvalue weighted by Crippen LogP contribution is 2.31. The molecular weight excluding hydrogens is 389 g/mol. The molecule has 0 saturated carbocycles. The number of nitrogens with one attached hydrogen (secondary N) is 1. The van der Waals surface area contributed by atoms with Crippen molar-refractivity contribution in [3.63, 3.8) is 0 Å². The topological polar surface area (TPSA) is 12.0 Å². The highest BCUT2D eigenvalue weighted by Gasteiger charge is 2.15. The maximum absolute atomic E-state index is 6.01. The first-order valence-electron chi connectivity index (χ1n) is 6.05. The molecule has 2 aromatic carbocycles. The van der Waals surface area contributed by atoms with E-state index in [1.807, 2.05) is 12.1 Å². The molecule has 0 aliphatic carbocycles. The van der Waals surface area contributed by atoms with Crippen LogP contribution in [0.1, 0.15) is 24.1 Å². The van der Waals surface area contributed by atoms with E-state index in [2.05, 4.69) is 74.4 Å². The second kappa shape index (κ2) is 6.89. The summed E-state index contributed by atoms with van der Waals surface area (Å²) in [6.45, 7) is 3.01. The third-order valence-corrected chi connectivity index (χ3v) is 4.34. The number of halogens is 3. The van der Waals surface area contributed by atoms with Gasteiger partial charge in [0.15, 0.2) is 0 Å². The van der Waals surface area contributed by atoms with E-state index in [0.717, 1.165) is 20.5 Å². The van der Waals surface area contributed by atoms with Gasteiger partial charge in [-0.25, -0.2) is 0 Å². The predicted octanol–water partition coefficient (Wildman–Crippen LogP) is 5.56. The lowest BCUT2D eigenvalue weighted by Crippen LogP contribution is -2.22. The molecule has 1 unspecified atom stereocenters. The number of hydrogen-bond donors (Lipinski definition) is 1. The minimum atomic E-state index is 0.157. The van der Waals surface area contributed by atoms with E-state index >= 15 is 0 Å². The van der Waals surface area contributed by atoms with Crippen LogP contribution >= 0.6 is 43.5 Å². The van der Waals surface area contributed by atoms with Crippen LogP contribution in [0.2, 0.25) is 5.02 Å². The van der Waals surface area contributed by atoms with Gasteiger partial charge in [-0.05, 0) is 41.9 Å². The molecule has 2 aromatic rings. The Kier molecular flexibility index (Phi) is 5.46. The molecule has 0 amide bonds. The minimum Gasteiger partial charge on any atom is -0.306 e. The van der Waals surface area contributed by atoms with E-state index in [9.17, 15) is 0 Å². The van der Waals surface area contributed by atoms with Crippen molar-refractivity contribution in [2.45, 2.75) is 13.0 Å². The largest absolute Gasteiger partial charge is 0.306 e. The SMILES string of the molecule is CCNC(c1ccc(Br)cc1)c1ccc(Cl)cc1Br. The van der Waals surface area contributed by atoms with Crippen LogP contribution in [0.4, 0.5) is 0 Å². The summed E-state index contributed by atoms with van der Waals surface area (Å²) >= 11 is 13.1. The van der Waals surface area contributed by atoms with Crippen LogP contribution in [0, 0.1) is 0 Å². The van der Waals surface area contributed by atoms with E-state index in [1.165, 1.54) is 11.1 Å². The van der Waals surface area contributed by atoms with Gasteiger partial charge < -0.3 is 5.32 Å². The summed E-state index contributed by atoms with van der Waals surface area (Å²) in [5, 5.41) is 4.24. The monoisotopic (exact) mass is 401 g/mol. The van der Waals surface area contributed by atoms with Gasteiger partial charge in [-0.15, -0.1) is 0 Å². The Labute approximate surface area is 135 Å². The third-order valence-electron chi connectivity index (χ3n) is 2.89. The Morgan fingerprint density at radius 2 is 1.79 bits per heavy atom. The van der Waals surface area contributed by atoms with Crippen molar-refractivity contribution in [2.75, 3.05) is 6.54 Å². The normalized spacial score (nSPS) is 12.4. The molecule has 1 nitrogen and oxygen atoms in total. The van der Waals surface area contributed by atoms with Crippen molar-refractivity contribution in [2.24, 2.45) is 0 Å². The number of rotatable bonds is 4. The van der Waals surface area contributed by atoms with Crippen molar-refractivity contribution >= 4 is 43.5 Å². The molecule has 0 saturated heterocycles. The molecule has 19 heavy (non-hydrogen) atoms. The molecule has 4 heteroatoms. The van der Waals surface area contributed by atoms with Gasteiger partial charge in [-0.1, -0.05) is 68.6 Å². The van der Waals surface area contributed by atoms with Gasteiger partial charge in [0.2, 0.25) is 0 Å². The zero-order chi connectivity index (χ0) is 13.8. The highest BCUT2D eigenvalue weighted by atomic mass is 79.9. The average molecular weight is 404 g/mol. The standard InChI is InChI=1S/C15H14Br2ClN/c1-2-19-15(10-3-5-11(16)6-4-10)13-8-7-12(18)9-14(13)17/h3-9,15,19H,2H2,1H3. The molecule has 2 rings (SSSR count). The van der Waals surface area contributed by atoms with Crippen molar-refractivity contribution in [3.8, 4) is 0 Å². The lowest BCUT2D eigenvalue weighted by molar-refractivity contribution is 0.628. The molecule has 1 N–H and O–H groups in total. The molecule has 0 aliphatic heterocycles. The first kappa shape index (κ1) is 15.0. The van der Waals surface area contributed by atoms with Crippen LogP contribution in [0.25, 0.3) is 0 Å². The van der Waals surface area contributed by atoms with Gasteiger partial charge in [-0.3, -0.25) is 0 Å². The lowest BCUT2D eigenvalue weighted by Gasteiger charge is -2.20. The average Bonchev–Trinajstić information content (AvgIpc) is 2.38. The Morgan fingerprint density at radius 1 is 1.11 bits per heavy atom. The van der Waals surface area contributed by atoms with Crippen LogP contribution in [0.15, 0.2) is 51.4 Å². The van der Waals surface area contributed by atoms with Crippen molar-refractivity contribution < 1.29 is 0 Å². The van der Waals surface area contributed by atoms with E-state index in [4.69, 9.17) is 11.6 Å². The summed E-state index contributed by atoms with van der Waals surface area (Å²) in [5.74, 6) is 0. The molecule has 0 aliphatic rings. The fourth-order valence-corrected chi connectivity index (χ4v) is 3.18. The predicted molar refractivity (Wildman–Crippen MR) is 88.8 cm³/mol. The summed E-state index contributed by atoms with van der Waals surface area (Å²) in [5.41, 5.74) is 2.42. The minimum absolute atomic E-state index is 0.157. The second-order valence-corrected chi connectivity index (χ2v) is 6.41. The van der Waals surface area contributed by atoms with Crippen LogP contribution in [-0.2, 0) is 0 Å². The third kappa shape index (κ3) is 3.82. The van der Waals surface area contributed by atoms with Gasteiger partial charge in [0.1, 0.15) is 0 Å². The summed E-state index contributed by atoms with van der Waals surface area (Å²) in [7, 11) is 0. The Morgan fingerprint density at radius 3 is 2.37 bits per heavy atom. The molecule has 0 fully saturated rings. The van der Waals surface area contributed by atoms with Gasteiger partial charge in [0.25, 0.3) is 0 Å². The molecule has 0 bridgehead atoms. The van der Waals surface area contributed by atoms with Crippen molar-refractivity contribution in [1.82, 2.24) is 5.32 Å². The van der Waals surface area contributed by atoms with Gasteiger partial charge >= 0.3 is 0 Å². The fraction of sp³-hybridized carbons (Fsp3) is 0.200. The van der Waals surface area contributed by atoms with E-state index in [0.29, 0.717) is 0 Å². The molecule has 0 spiro atoms. The first-order chi connectivity index (χ1) is 9.11. The Bertz CT molecular complexity index is 555. The summed E-state index contributed by atoms with van der Waals surface area (Å²) < 4.78 is 2.11. The second-order valence-electron chi connectivity index (χ2n) is 4.21. The van der Waals surface area contributed by atoms with Crippen molar-refractivity contribution in [3.05, 3.63) is 67.6 Å². The van der Waals surface area contributed by atoms with E-state index in [-0.39, 0.29) is 6.04 Å². The number of benzene rings is 2. The molecule has 1 atom stereocenters.